The first-order chi connectivity index (χ1) is 14.0. The first-order valence-corrected chi connectivity index (χ1v) is 9.69. The molecule has 1 fully saturated rings. The fourth-order valence-corrected chi connectivity index (χ4v) is 4.16. The van der Waals surface area contributed by atoms with Gasteiger partial charge in [-0.2, -0.15) is 10.2 Å². The predicted molar refractivity (Wildman–Crippen MR) is 106 cm³/mol. The van der Waals surface area contributed by atoms with E-state index >= 15 is 0 Å². The average Bonchev–Trinajstić information content (AvgIpc) is 3.59. The Balaban J connectivity index is 1.94. The molecule has 2 N–H and O–H groups in total. The summed E-state index contributed by atoms with van der Waals surface area (Å²) in [6.07, 6.45) is 4.65. The van der Waals surface area contributed by atoms with Crippen molar-refractivity contribution in [1.82, 2.24) is 14.5 Å². The normalized spacial score (nSPS) is 20.9. The zero-order chi connectivity index (χ0) is 20.6. The molecule has 2 amide bonds. The highest BCUT2D eigenvalue weighted by molar-refractivity contribution is 5.92. The number of aromatic nitrogens is 2. The van der Waals surface area contributed by atoms with Gasteiger partial charge >= 0.3 is 6.03 Å². The van der Waals surface area contributed by atoms with Gasteiger partial charge in [0.1, 0.15) is 18.3 Å². The van der Waals surface area contributed by atoms with E-state index in [4.69, 9.17) is 25.5 Å². The molecule has 2 aromatic rings. The second kappa shape index (κ2) is 7.52. The lowest BCUT2D eigenvalue weighted by Crippen LogP contribution is -2.56. The summed E-state index contributed by atoms with van der Waals surface area (Å²) in [6.45, 7) is 0.459. The highest BCUT2D eigenvalue weighted by Crippen LogP contribution is 2.47. The molecule has 0 spiro atoms. The molecule has 4 rings (SSSR count). The van der Waals surface area contributed by atoms with Gasteiger partial charge in [-0.25, -0.2) is 9.78 Å². The Hall–Kier alpha value is -2.86. The summed E-state index contributed by atoms with van der Waals surface area (Å²) in [5.74, 6) is 1.47. The Morgan fingerprint density at radius 1 is 1.34 bits per heavy atom. The van der Waals surface area contributed by atoms with Crippen LogP contribution in [0.25, 0.3) is 0 Å². The van der Waals surface area contributed by atoms with E-state index in [2.05, 4.69) is 11.1 Å². The molecule has 3 heterocycles. The number of amides is 2. The molecule has 2 aromatic heterocycles. The fraction of sp³-hybridized carbons (Fsp3) is 0.429. The van der Waals surface area contributed by atoms with Gasteiger partial charge < -0.3 is 15.2 Å². The first-order valence-electron chi connectivity index (χ1n) is 9.69. The third kappa shape index (κ3) is 3.17. The number of carbonyl (C=O) groups is 1. The zero-order valence-corrected chi connectivity index (χ0v) is 16.6. The molecule has 1 aliphatic heterocycles. The third-order valence-corrected chi connectivity index (χ3v) is 5.75. The molecule has 1 aliphatic carbocycles. The number of hydrogen-bond donors (Lipinski definition) is 1. The van der Waals surface area contributed by atoms with E-state index in [1.54, 1.807) is 26.4 Å². The summed E-state index contributed by atoms with van der Waals surface area (Å²) < 4.78 is 10.7. The largest absolute Gasteiger partial charge is 0.426 e. The van der Waals surface area contributed by atoms with Crippen molar-refractivity contribution in [2.24, 2.45) is 5.73 Å². The molecule has 8 heteroatoms. The number of nitriles is 1. The van der Waals surface area contributed by atoms with E-state index in [0.717, 1.165) is 36.8 Å². The van der Waals surface area contributed by atoms with Crippen molar-refractivity contribution in [1.29, 1.82) is 5.26 Å². The minimum atomic E-state index is -0.624. The van der Waals surface area contributed by atoms with Crippen LogP contribution in [0.2, 0.25) is 0 Å². The van der Waals surface area contributed by atoms with Gasteiger partial charge in [-0.05, 0) is 42.9 Å². The first kappa shape index (κ1) is 19.5. The van der Waals surface area contributed by atoms with Crippen LogP contribution in [-0.2, 0) is 15.9 Å². The zero-order valence-electron chi connectivity index (χ0n) is 16.6. The Morgan fingerprint density at radius 2 is 2.10 bits per heavy atom. The van der Waals surface area contributed by atoms with Crippen LogP contribution in [0, 0.1) is 11.3 Å². The number of methoxy groups -OCH3 is 2. The number of pyridine rings is 2. The highest BCUT2D eigenvalue weighted by Gasteiger charge is 2.48. The van der Waals surface area contributed by atoms with Crippen molar-refractivity contribution in [3.8, 4) is 6.07 Å². The monoisotopic (exact) mass is 394 g/mol. The molecular weight excluding hydrogens is 370 g/mol. The number of rotatable bonds is 5. The SMILES string of the molecule is COC(OC)c1nc2c(cc1C1CC1)CCC[N+]2(C(N)=O)c1ccc(C#N)cn1. The molecule has 1 atom stereocenters. The number of nitrogens with two attached hydrogens (primary N) is 1. The van der Waals surface area contributed by atoms with Crippen molar-refractivity contribution >= 4 is 17.7 Å². The summed E-state index contributed by atoms with van der Waals surface area (Å²) in [7, 11) is 3.15. The second-order valence-electron chi connectivity index (χ2n) is 7.52. The third-order valence-electron chi connectivity index (χ3n) is 5.75. The maximum atomic E-state index is 12.8. The molecule has 150 valence electrons. The van der Waals surface area contributed by atoms with E-state index < -0.39 is 12.3 Å². The molecule has 2 aliphatic rings. The van der Waals surface area contributed by atoms with Crippen LogP contribution < -0.4 is 10.2 Å². The number of ether oxygens (including phenoxy) is 2. The van der Waals surface area contributed by atoms with Crippen molar-refractivity contribution in [3.05, 3.63) is 46.8 Å². The van der Waals surface area contributed by atoms with Crippen LogP contribution in [0.5, 0.6) is 0 Å². The second-order valence-corrected chi connectivity index (χ2v) is 7.52. The van der Waals surface area contributed by atoms with Crippen LogP contribution in [-0.4, -0.2) is 36.8 Å². The van der Waals surface area contributed by atoms with Gasteiger partial charge in [-0.1, -0.05) is 0 Å². The lowest BCUT2D eigenvalue weighted by molar-refractivity contribution is -0.109. The summed E-state index contributed by atoms with van der Waals surface area (Å²) in [5.41, 5.74) is 9.18. The van der Waals surface area contributed by atoms with Gasteiger partial charge in [-0.3, -0.25) is 0 Å². The van der Waals surface area contributed by atoms with E-state index in [1.807, 2.05) is 6.07 Å². The number of urea groups is 1. The van der Waals surface area contributed by atoms with Crippen molar-refractivity contribution in [2.75, 3.05) is 20.8 Å². The van der Waals surface area contributed by atoms with Gasteiger partial charge in [0.05, 0.1) is 11.8 Å². The number of fused-ring (bicyclic) bond motifs is 1. The minimum Gasteiger partial charge on any atom is -0.350 e. The number of nitrogens with zero attached hydrogens (tertiary/aromatic N) is 4. The van der Waals surface area contributed by atoms with Crippen LogP contribution in [0.1, 0.15) is 53.9 Å². The maximum absolute atomic E-state index is 12.8. The lowest BCUT2D eigenvalue weighted by Gasteiger charge is -2.36. The highest BCUT2D eigenvalue weighted by atomic mass is 16.7. The van der Waals surface area contributed by atoms with E-state index in [9.17, 15) is 4.79 Å². The Labute approximate surface area is 169 Å². The van der Waals surface area contributed by atoms with Gasteiger partial charge in [-0.15, -0.1) is 4.48 Å². The molecule has 0 saturated heterocycles. The Bertz CT molecular complexity index is 977. The lowest BCUT2D eigenvalue weighted by atomic mass is 9.97. The molecule has 0 aromatic carbocycles. The van der Waals surface area contributed by atoms with E-state index in [1.165, 1.54) is 6.20 Å². The molecule has 0 bridgehead atoms. The fourth-order valence-electron chi connectivity index (χ4n) is 4.16. The summed E-state index contributed by atoms with van der Waals surface area (Å²) in [5, 5.41) is 9.08. The predicted octanol–water partition coefficient (Wildman–Crippen LogP) is 3.18. The Morgan fingerprint density at radius 3 is 2.66 bits per heavy atom. The van der Waals surface area contributed by atoms with Gasteiger partial charge in [0.15, 0.2) is 0 Å². The van der Waals surface area contributed by atoms with Crippen molar-refractivity contribution in [3.63, 3.8) is 0 Å². The number of primary amides is 1. The van der Waals surface area contributed by atoms with Crippen molar-refractivity contribution in [2.45, 2.75) is 37.9 Å². The Kier molecular flexibility index (Phi) is 5.04. The molecule has 29 heavy (non-hydrogen) atoms. The number of hydrogen-bond acceptors (Lipinski definition) is 6. The van der Waals surface area contributed by atoms with Gasteiger partial charge in [0.2, 0.25) is 17.9 Å². The minimum absolute atomic E-state index is 0.279. The van der Waals surface area contributed by atoms with Gasteiger partial charge in [0.25, 0.3) is 0 Å². The summed E-state index contributed by atoms with van der Waals surface area (Å²) in [6, 6.07) is 6.96. The molecule has 8 nitrogen and oxygen atoms in total. The number of aryl methyl sites for hydroxylation is 1. The van der Waals surface area contributed by atoms with Crippen LogP contribution in [0.4, 0.5) is 16.4 Å². The smallest absolute Gasteiger partial charge is 0.350 e. The number of quaternary nitrogens is 1. The quantitative estimate of drug-likeness (QED) is 0.616. The van der Waals surface area contributed by atoms with E-state index in [0.29, 0.717) is 35.4 Å². The molecule has 0 radical (unpaired) electrons. The maximum Gasteiger partial charge on any atom is 0.426 e. The van der Waals surface area contributed by atoms with Crippen LogP contribution >= 0.6 is 0 Å². The van der Waals surface area contributed by atoms with Crippen LogP contribution in [0.15, 0.2) is 24.4 Å². The average molecular weight is 394 g/mol. The number of carbonyl (C=O) groups excluding carboxylic acids is 1. The molecular formula is C21H24N5O3+. The van der Waals surface area contributed by atoms with E-state index in [-0.39, 0.29) is 4.48 Å². The summed E-state index contributed by atoms with van der Waals surface area (Å²) in [4.78, 5) is 22.2. The standard InChI is InChI=1S/C21H23N5O3/c1-28-20(29-2)18-16(14-6-7-14)10-15-4-3-9-26(21(23)27,19(15)25-18)17-8-5-13(11-22)12-24-17/h5,8,10,12,14,20H,3-4,6-7,9H2,1-2H3,(H-,23,27)/p+1. The van der Waals surface area contributed by atoms with Crippen LogP contribution in [0.3, 0.4) is 0 Å². The topological polar surface area (TPSA) is 111 Å². The molecule has 1 unspecified atom stereocenters. The van der Waals surface area contributed by atoms with Crippen molar-refractivity contribution < 1.29 is 14.3 Å². The molecule has 1 saturated carbocycles. The summed E-state index contributed by atoms with van der Waals surface area (Å²) >= 11 is 0. The van der Waals surface area contributed by atoms with Gasteiger partial charge in [0, 0.05) is 32.3 Å².